The third kappa shape index (κ3) is 7.58. The average Bonchev–Trinajstić information content (AvgIpc) is 2.91. The van der Waals surface area contributed by atoms with E-state index in [1.165, 1.54) is 66.4 Å². The van der Waals surface area contributed by atoms with Gasteiger partial charge in [-0.15, -0.1) is 0 Å². The van der Waals surface area contributed by atoms with E-state index in [-0.39, 0.29) is 28.7 Å². The van der Waals surface area contributed by atoms with E-state index in [0.717, 1.165) is 9.87 Å². The Kier molecular flexibility index (Phi) is 10.1. The predicted molar refractivity (Wildman–Crippen MR) is 151 cm³/mol. The molecule has 0 aliphatic heterocycles. The van der Waals surface area contributed by atoms with Crippen molar-refractivity contribution in [1.82, 2.24) is 10.2 Å². The Balaban J connectivity index is 2.03. The van der Waals surface area contributed by atoms with Gasteiger partial charge < -0.3 is 10.2 Å². The van der Waals surface area contributed by atoms with Crippen LogP contribution in [0.3, 0.4) is 0 Å². The van der Waals surface area contributed by atoms with Crippen LogP contribution in [0.1, 0.15) is 38.3 Å². The van der Waals surface area contributed by atoms with Crippen molar-refractivity contribution in [3.63, 3.8) is 0 Å². The highest BCUT2D eigenvalue weighted by molar-refractivity contribution is 7.92. The summed E-state index contributed by atoms with van der Waals surface area (Å²) in [6.45, 7) is 6.29. The molecular formula is C29H33ClFN3O4S. The zero-order valence-corrected chi connectivity index (χ0v) is 24.0. The molecule has 0 fully saturated rings. The Morgan fingerprint density at radius 3 is 2.18 bits per heavy atom. The molecule has 39 heavy (non-hydrogen) atoms. The number of carbonyl (C=O) groups excluding carboxylic acids is 2. The molecule has 2 atom stereocenters. The number of hydrogen-bond donors (Lipinski definition) is 1. The largest absolute Gasteiger partial charge is 0.352 e. The van der Waals surface area contributed by atoms with Crippen LogP contribution < -0.4 is 9.62 Å². The second kappa shape index (κ2) is 13.1. The maximum atomic E-state index is 14.6. The molecule has 2 amide bonds. The van der Waals surface area contributed by atoms with E-state index in [0.29, 0.717) is 11.4 Å². The number of benzene rings is 3. The summed E-state index contributed by atoms with van der Waals surface area (Å²) in [6.07, 6.45) is 0.679. The van der Waals surface area contributed by atoms with E-state index < -0.39 is 40.2 Å². The highest BCUT2D eigenvalue weighted by atomic mass is 35.5. The molecule has 1 N–H and O–H groups in total. The van der Waals surface area contributed by atoms with Crippen molar-refractivity contribution in [2.75, 3.05) is 10.8 Å². The summed E-state index contributed by atoms with van der Waals surface area (Å²) < 4.78 is 43.1. The van der Waals surface area contributed by atoms with Crippen LogP contribution >= 0.6 is 11.6 Å². The summed E-state index contributed by atoms with van der Waals surface area (Å²) in [4.78, 5) is 28.1. The molecule has 0 aromatic heterocycles. The van der Waals surface area contributed by atoms with Gasteiger partial charge in [-0.25, -0.2) is 12.8 Å². The normalized spacial score (nSPS) is 12.9. The van der Waals surface area contributed by atoms with Gasteiger partial charge in [-0.1, -0.05) is 54.4 Å². The monoisotopic (exact) mass is 573 g/mol. The minimum absolute atomic E-state index is 0.000865. The van der Waals surface area contributed by atoms with Gasteiger partial charge in [0.15, 0.2) is 0 Å². The van der Waals surface area contributed by atoms with Crippen LogP contribution in [0.5, 0.6) is 0 Å². The Morgan fingerprint density at radius 2 is 1.59 bits per heavy atom. The molecule has 0 unspecified atom stereocenters. The third-order valence-electron chi connectivity index (χ3n) is 6.47. The van der Waals surface area contributed by atoms with Crippen LogP contribution in [0, 0.1) is 12.7 Å². The number of amides is 2. The van der Waals surface area contributed by atoms with Gasteiger partial charge in [-0.2, -0.15) is 0 Å². The molecule has 3 aromatic carbocycles. The number of sulfonamides is 1. The Labute approximate surface area is 234 Å². The molecule has 208 valence electrons. The van der Waals surface area contributed by atoms with E-state index in [9.17, 15) is 22.4 Å². The second-order valence-electron chi connectivity index (χ2n) is 9.41. The van der Waals surface area contributed by atoms with Gasteiger partial charge in [0.25, 0.3) is 10.0 Å². The third-order valence-corrected chi connectivity index (χ3v) is 8.51. The fraction of sp³-hybridized carbons (Fsp3) is 0.310. The van der Waals surface area contributed by atoms with Crippen molar-refractivity contribution in [3.05, 3.63) is 94.8 Å². The standard InChI is InChI=1S/C29H33ClFN3O4S/c1-5-21(3)32-29(36)22(4)33(18-23-8-6-7-9-27(23)31)28(35)19-34(25-14-12-24(30)13-15-25)39(37,38)26-16-10-20(2)11-17-26/h6-17,21-22H,5,18-19H2,1-4H3,(H,32,36)/t21-,22+/m1/s1. The molecular weight excluding hydrogens is 541 g/mol. The number of aryl methyl sites for hydroxylation is 1. The molecule has 3 rings (SSSR count). The van der Waals surface area contributed by atoms with E-state index >= 15 is 0 Å². The number of rotatable bonds is 11. The van der Waals surface area contributed by atoms with Gasteiger partial charge >= 0.3 is 0 Å². The highest BCUT2D eigenvalue weighted by Gasteiger charge is 2.33. The van der Waals surface area contributed by atoms with Crippen LogP contribution in [0.15, 0.2) is 77.7 Å². The van der Waals surface area contributed by atoms with Crippen molar-refractivity contribution in [2.24, 2.45) is 0 Å². The first kappa shape index (κ1) is 30.1. The highest BCUT2D eigenvalue weighted by Crippen LogP contribution is 2.26. The number of carbonyl (C=O) groups is 2. The van der Waals surface area contributed by atoms with Crippen LogP contribution in [-0.2, 0) is 26.2 Å². The van der Waals surface area contributed by atoms with E-state index in [1.807, 2.05) is 20.8 Å². The lowest BCUT2D eigenvalue weighted by molar-refractivity contribution is -0.139. The molecule has 3 aromatic rings. The Bertz CT molecular complexity index is 1400. The zero-order valence-electron chi connectivity index (χ0n) is 22.4. The van der Waals surface area contributed by atoms with Gasteiger partial charge in [-0.3, -0.25) is 13.9 Å². The van der Waals surface area contributed by atoms with Crippen molar-refractivity contribution in [2.45, 2.75) is 57.6 Å². The molecule has 0 heterocycles. The first-order valence-electron chi connectivity index (χ1n) is 12.6. The van der Waals surface area contributed by atoms with Crippen LogP contribution in [0.25, 0.3) is 0 Å². The summed E-state index contributed by atoms with van der Waals surface area (Å²) in [5.41, 5.74) is 1.30. The second-order valence-corrected chi connectivity index (χ2v) is 11.7. The maximum absolute atomic E-state index is 14.6. The first-order chi connectivity index (χ1) is 18.4. The maximum Gasteiger partial charge on any atom is 0.264 e. The van der Waals surface area contributed by atoms with Crippen molar-refractivity contribution in [3.8, 4) is 0 Å². The molecule has 0 radical (unpaired) electrons. The van der Waals surface area contributed by atoms with Gasteiger partial charge in [0.1, 0.15) is 18.4 Å². The number of halogens is 2. The molecule has 0 saturated heterocycles. The van der Waals surface area contributed by atoms with Gasteiger partial charge in [0.05, 0.1) is 10.6 Å². The molecule has 0 spiro atoms. The lowest BCUT2D eigenvalue weighted by Crippen LogP contribution is -2.52. The Hall–Kier alpha value is -3.43. The average molecular weight is 574 g/mol. The van der Waals surface area contributed by atoms with Crippen molar-refractivity contribution < 1.29 is 22.4 Å². The summed E-state index contributed by atoms with van der Waals surface area (Å²) in [6, 6.07) is 17.1. The fourth-order valence-electron chi connectivity index (χ4n) is 3.83. The smallest absolute Gasteiger partial charge is 0.264 e. The zero-order chi connectivity index (χ0) is 28.7. The predicted octanol–water partition coefficient (Wildman–Crippen LogP) is 5.31. The van der Waals surface area contributed by atoms with E-state index in [1.54, 1.807) is 18.2 Å². The summed E-state index contributed by atoms with van der Waals surface area (Å²) in [7, 11) is -4.19. The molecule has 0 aliphatic carbocycles. The van der Waals surface area contributed by atoms with Gasteiger partial charge in [-0.05, 0) is 69.7 Å². The number of anilines is 1. The topological polar surface area (TPSA) is 86.8 Å². The minimum atomic E-state index is -4.19. The molecule has 0 bridgehead atoms. The minimum Gasteiger partial charge on any atom is -0.352 e. The lowest BCUT2D eigenvalue weighted by atomic mass is 10.1. The van der Waals surface area contributed by atoms with Crippen LogP contribution in [-0.4, -0.2) is 43.8 Å². The van der Waals surface area contributed by atoms with Crippen molar-refractivity contribution >= 4 is 39.1 Å². The number of hydrogen-bond acceptors (Lipinski definition) is 4. The number of nitrogens with zero attached hydrogens (tertiary/aromatic N) is 2. The summed E-state index contributed by atoms with van der Waals surface area (Å²) in [5.74, 6) is -1.63. The van der Waals surface area contributed by atoms with Crippen LogP contribution in [0.2, 0.25) is 5.02 Å². The van der Waals surface area contributed by atoms with Gasteiger partial charge in [0.2, 0.25) is 11.8 Å². The van der Waals surface area contributed by atoms with Crippen molar-refractivity contribution in [1.29, 1.82) is 0 Å². The number of nitrogens with one attached hydrogen (secondary N) is 1. The lowest BCUT2D eigenvalue weighted by Gasteiger charge is -2.32. The first-order valence-corrected chi connectivity index (χ1v) is 14.4. The summed E-state index contributed by atoms with van der Waals surface area (Å²) in [5, 5.41) is 3.24. The van der Waals surface area contributed by atoms with E-state index in [2.05, 4.69) is 5.32 Å². The van der Waals surface area contributed by atoms with Crippen LogP contribution in [0.4, 0.5) is 10.1 Å². The molecule has 10 heteroatoms. The Morgan fingerprint density at radius 1 is 0.974 bits per heavy atom. The molecule has 0 aliphatic rings. The van der Waals surface area contributed by atoms with E-state index in [4.69, 9.17) is 11.6 Å². The molecule has 7 nitrogen and oxygen atoms in total. The van der Waals surface area contributed by atoms with Gasteiger partial charge in [0, 0.05) is 23.2 Å². The SMILES string of the molecule is CC[C@@H](C)NC(=O)[C@H](C)N(Cc1ccccc1F)C(=O)CN(c1ccc(Cl)cc1)S(=O)(=O)c1ccc(C)cc1. The quantitative estimate of drug-likeness (QED) is 0.337. The molecule has 0 saturated carbocycles. The summed E-state index contributed by atoms with van der Waals surface area (Å²) >= 11 is 6.03. The fourth-order valence-corrected chi connectivity index (χ4v) is 5.37.